The molecule has 1 atom stereocenters. The lowest BCUT2D eigenvalue weighted by atomic mass is 9.53. The molecule has 0 aromatic carbocycles. The van der Waals surface area contributed by atoms with Crippen molar-refractivity contribution in [3.63, 3.8) is 0 Å². The molecule has 1 amide bonds. The summed E-state index contributed by atoms with van der Waals surface area (Å²) in [7, 11) is 0. The van der Waals surface area contributed by atoms with E-state index in [1.54, 1.807) is 6.26 Å². The van der Waals surface area contributed by atoms with E-state index in [1.807, 2.05) is 23.6 Å². The van der Waals surface area contributed by atoms with Crippen LogP contribution in [0.5, 0.6) is 0 Å². The molecular formula is C21H28N4O2S. The topological polar surface area (TPSA) is 73.0 Å². The maximum atomic E-state index is 13.1. The van der Waals surface area contributed by atoms with Crippen molar-refractivity contribution in [1.29, 1.82) is 0 Å². The van der Waals surface area contributed by atoms with Crippen molar-refractivity contribution in [1.82, 2.24) is 20.1 Å². The summed E-state index contributed by atoms with van der Waals surface area (Å²) in [4.78, 5) is 13.1. The minimum Gasteiger partial charge on any atom is -0.461 e. The largest absolute Gasteiger partial charge is 0.461 e. The van der Waals surface area contributed by atoms with E-state index in [-0.39, 0.29) is 16.7 Å². The Hall–Kier alpha value is -1.76. The van der Waals surface area contributed by atoms with E-state index in [4.69, 9.17) is 4.42 Å². The van der Waals surface area contributed by atoms with Gasteiger partial charge in [-0.15, -0.1) is 10.2 Å². The Morgan fingerprint density at radius 3 is 2.54 bits per heavy atom. The third-order valence-corrected chi connectivity index (χ3v) is 7.93. The number of carbonyl (C=O) groups is 1. The van der Waals surface area contributed by atoms with Gasteiger partial charge < -0.3 is 9.73 Å². The van der Waals surface area contributed by atoms with E-state index in [9.17, 15) is 4.79 Å². The normalized spacial score (nSPS) is 31.9. The molecule has 4 fully saturated rings. The number of nitrogens with zero attached hydrogens (tertiary/aromatic N) is 3. The highest BCUT2D eigenvalue weighted by Crippen LogP contribution is 2.55. The minimum atomic E-state index is -0.202. The average Bonchev–Trinajstić information content (AvgIpc) is 3.29. The van der Waals surface area contributed by atoms with Gasteiger partial charge in [-0.05, 0) is 82.3 Å². The number of carbonyl (C=O) groups excluding carboxylic acids is 1. The fraction of sp³-hybridized carbons (Fsp3) is 0.667. The summed E-state index contributed by atoms with van der Waals surface area (Å²) in [5.74, 6) is 4.03. The molecule has 150 valence electrons. The Balaban J connectivity index is 1.28. The molecular weight excluding hydrogens is 372 g/mol. The molecule has 4 aliphatic carbocycles. The Bertz CT molecular complexity index is 825. The van der Waals surface area contributed by atoms with Crippen LogP contribution in [0, 0.1) is 17.8 Å². The van der Waals surface area contributed by atoms with Crippen molar-refractivity contribution in [2.45, 2.75) is 74.9 Å². The number of hydrogen-bond donors (Lipinski definition) is 1. The molecule has 28 heavy (non-hydrogen) atoms. The maximum absolute atomic E-state index is 13.1. The van der Waals surface area contributed by atoms with Crippen LogP contribution in [0.3, 0.4) is 0 Å². The highest BCUT2D eigenvalue weighted by Gasteiger charge is 2.51. The van der Waals surface area contributed by atoms with Crippen LogP contribution in [-0.2, 0) is 11.3 Å². The fourth-order valence-electron chi connectivity index (χ4n) is 6.09. The molecule has 4 aliphatic rings. The van der Waals surface area contributed by atoms with Crippen molar-refractivity contribution < 1.29 is 9.21 Å². The highest BCUT2D eigenvalue weighted by atomic mass is 32.2. The lowest BCUT2D eigenvalue weighted by Crippen LogP contribution is -2.60. The van der Waals surface area contributed by atoms with Gasteiger partial charge in [-0.2, -0.15) is 0 Å². The molecule has 2 aromatic rings. The first-order valence-electron chi connectivity index (χ1n) is 10.5. The van der Waals surface area contributed by atoms with Crippen molar-refractivity contribution in [3.05, 3.63) is 18.4 Å². The molecule has 2 heterocycles. The number of nitrogens with one attached hydrogen (secondary N) is 1. The Morgan fingerprint density at radius 1 is 1.29 bits per heavy atom. The minimum absolute atomic E-state index is 0.0540. The van der Waals surface area contributed by atoms with Gasteiger partial charge in [-0.3, -0.25) is 9.36 Å². The van der Waals surface area contributed by atoms with Gasteiger partial charge in [0.25, 0.3) is 0 Å². The highest BCUT2D eigenvalue weighted by molar-refractivity contribution is 8.00. The summed E-state index contributed by atoms with van der Waals surface area (Å²) in [6.07, 6.45) is 9.32. The molecule has 6 nitrogen and oxygen atoms in total. The number of rotatable bonds is 6. The molecule has 4 bridgehead atoms. The third kappa shape index (κ3) is 3.17. The quantitative estimate of drug-likeness (QED) is 0.738. The van der Waals surface area contributed by atoms with Crippen LogP contribution in [0.2, 0.25) is 0 Å². The monoisotopic (exact) mass is 400 g/mol. The van der Waals surface area contributed by atoms with Gasteiger partial charge in [-0.1, -0.05) is 11.8 Å². The summed E-state index contributed by atoms with van der Waals surface area (Å²) in [5.41, 5.74) is 0.0540. The number of thioether (sulfide) groups is 1. The Kier molecular flexibility index (Phi) is 4.53. The maximum Gasteiger partial charge on any atom is 0.233 e. The third-order valence-electron chi connectivity index (χ3n) is 6.85. The van der Waals surface area contributed by atoms with Gasteiger partial charge >= 0.3 is 0 Å². The lowest BCUT2D eigenvalue weighted by Gasteiger charge is -2.57. The molecule has 0 radical (unpaired) electrons. The smallest absolute Gasteiger partial charge is 0.233 e. The van der Waals surface area contributed by atoms with Gasteiger partial charge in [0.1, 0.15) is 0 Å². The zero-order valence-corrected chi connectivity index (χ0v) is 17.4. The second kappa shape index (κ2) is 6.94. The van der Waals surface area contributed by atoms with Crippen LogP contribution in [0.4, 0.5) is 0 Å². The molecule has 1 N–H and O–H groups in total. The number of hydrogen-bond acceptors (Lipinski definition) is 5. The van der Waals surface area contributed by atoms with E-state index in [0.29, 0.717) is 11.6 Å². The first kappa shape index (κ1) is 18.3. The summed E-state index contributed by atoms with van der Waals surface area (Å²) in [6.45, 7) is 4.76. The van der Waals surface area contributed by atoms with Crippen LogP contribution in [0.1, 0.15) is 52.4 Å². The Labute approximate surface area is 169 Å². The summed E-state index contributed by atoms with van der Waals surface area (Å²) >= 11 is 1.49. The molecule has 7 heteroatoms. The van der Waals surface area contributed by atoms with Gasteiger partial charge in [0.05, 0.1) is 11.5 Å². The zero-order valence-electron chi connectivity index (χ0n) is 16.6. The van der Waals surface area contributed by atoms with E-state index >= 15 is 0 Å². The van der Waals surface area contributed by atoms with Gasteiger partial charge in [0.2, 0.25) is 5.91 Å². The van der Waals surface area contributed by atoms with E-state index in [0.717, 1.165) is 29.5 Å². The van der Waals surface area contributed by atoms with E-state index in [2.05, 4.69) is 22.4 Å². The van der Waals surface area contributed by atoms with Crippen LogP contribution < -0.4 is 5.32 Å². The standard InChI is InChI=1S/C21H28N4O2S/c1-3-25-18(17-5-4-6-27-17)23-24-20(25)28-13(2)19(26)22-21-10-14-7-15(11-21)9-16(8-14)12-21/h4-6,13-16H,3,7-12H2,1-2H3,(H,22,26). The van der Waals surface area contributed by atoms with Crippen molar-refractivity contribution in [2.24, 2.45) is 17.8 Å². The van der Waals surface area contributed by atoms with E-state index < -0.39 is 0 Å². The lowest BCUT2D eigenvalue weighted by molar-refractivity contribution is -0.126. The molecule has 6 rings (SSSR count). The van der Waals surface area contributed by atoms with E-state index in [1.165, 1.54) is 50.3 Å². The first-order chi connectivity index (χ1) is 13.5. The summed E-state index contributed by atoms with van der Waals surface area (Å²) in [6, 6.07) is 3.73. The van der Waals surface area contributed by atoms with Crippen molar-refractivity contribution >= 4 is 17.7 Å². The average molecular weight is 401 g/mol. The number of furan rings is 1. The molecule has 2 aromatic heterocycles. The number of amides is 1. The number of aromatic nitrogens is 3. The molecule has 0 aliphatic heterocycles. The molecule has 1 unspecified atom stereocenters. The van der Waals surface area contributed by atoms with Crippen molar-refractivity contribution in [3.8, 4) is 11.6 Å². The van der Waals surface area contributed by atoms with Crippen LogP contribution in [-0.4, -0.2) is 31.5 Å². The first-order valence-corrected chi connectivity index (χ1v) is 11.4. The summed E-state index contributed by atoms with van der Waals surface area (Å²) < 4.78 is 7.49. The van der Waals surface area contributed by atoms with Crippen LogP contribution in [0.25, 0.3) is 11.6 Å². The fourth-order valence-corrected chi connectivity index (χ4v) is 7.00. The van der Waals surface area contributed by atoms with Gasteiger partial charge in [0.15, 0.2) is 16.7 Å². The van der Waals surface area contributed by atoms with Crippen LogP contribution in [0.15, 0.2) is 28.0 Å². The summed E-state index contributed by atoms with van der Waals surface area (Å²) in [5, 5.41) is 12.7. The predicted molar refractivity (Wildman–Crippen MR) is 108 cm³/mol. The SMILES string of the molecule is CCn1c(SC(C)C(=O)NC23CC4CC(CC(C4)C2)C3)nnc1-c1ccco1. The molecule has 0 spiro atoms. The van der Waals surface area contributed by atoms with Gasteiger partial charge in [0, 0.05) is 12.1 Å². The van der Waals surface area contributed by atoms with Crippen molar-refractivity contribution in [2.75, 3.05) is 0 Å². The predicted octanol–water partition coefficient (Wildman–Crippen LogP) is 4.12. The zero-order chi connectivity index (χ0) is 19.3. The second-order valence-corrected chi connectivity index (χ2v) is 10.3. The molecule has 4 saturated carbocycles. The van der Waals surface area contributed by atoms with Gasteiger partial charge in [-0.25, -0.2) is 0 Å². The molecule has 0 saturated heterocycles. The second-order valence-electron chi connectivity index (χ2n) is 8.97. The Morgan fingerprint density at radius 2 is 1.96 bits per heavy atom. The van der Waals surface area contributed by atoms with Crippen LogP contribution >= 0.6 is 11.8 Å².